The fourth-order valence-corrected chi connectivity index (χ4v) is 5.01. The van der Waals surface area contributed by atoms with Crippen LogP contribution in [0.3, 0.4) is 0 Å². The van der Waals surface area contributed by atoms with Crippen molar-refractivity contribution in [2.24, 2.45) is 0 Å². The zero-order valence-electron chi connectivity index (χ0n) is 22.3. The number of phenolic OH excluding ortho intramolecular Hbond substituents is 1. The van der Waals surface area contributed by atoms with Crippen molar-refractivity contribution in [1.82, 2.24) is 0 Å². The molecule has 1 unspecified atom stereocenters. The molecule has 0 spiro atoms. The first-order valence-corrected chi connectivity index (χ1v) is 13.8. The SMILES string of the molecule is CCCCCCCCCCCCCCC(C)c1cc(C(C)(C)c2ccccc2)cc(C)c1O. The Hall–Kier alpha value is -1.76. The van der Waals surface area contributed by atoms with Gasteiger partial charge in [0.1, 0.15) is 5.75 Å². The summed E-state index contributed by atoms with van der Waals surface area (Å²) in [5.74, 6) is 0.882. The lowest BCUT2D eigenvalue weighted by Crippen LogP contribution is -2.19. The van der Waals surface area contributed by atoms with Crippen LogP contribution >= 0.6 is 0 Å². The lowest BCUT2D eigenvalue weighted by atomic mass is 9.76. The number of benzene rings is 2. The fourth-order valence-electron chi connectivity index (χ4n) is 5.01. The van der Waals surface area contributed by atoms with Crippen LogP contribution in [0.2, 0.25) is 0 Å². The van der Waals surface area contributed by atoms with Gasteiger partial charge in [0.05, 0.1) is 0 Å². The summed E-state index contributed by atoms with van der Waals surface area (Å²) in [6.45, 7) is 11.2. The molecule has 0 saturated heterocycles. The summed E-state index contributed by atoms with van der Waals surface area (Å²) in [6, 6.07) is 15.1. The van der Waals surface area contributed by atoms with Gasteiger partial charge in [0.15, 0.2) is 0 Å². The van der Waals surface area contributed by atoms with Crippen molar-refractivity contribution in [3.05, 3.63) is 64.7 Å². The van der Waals surface area contributed by atoms with Crippen LogP contribution in [-0.4, -0.2) is 5.11 Å². The normalized spacial score (nSPS) is 12.8. The van der Waals surface area contributed by atoms with Gasteiger partial charge in [0.2, 0.25) is 0 Å². The topological polar surface area (TPSA) is 20.2 Å². The molecule has 0 aliphatic carbocycles. The Morgan fingerprint density at radius 3 is 1.79 bits per heavy atom. The Morgan fingerprint density at radius 1 is 0.727 bits per heavy atom. The molecule has 0 bridgehead atoms. The molecule has 0 heterocycles. The van der Waals surface area contributed by atoms with E-state index >= 15 is 0 Å². The molecule has 0 fully saturated rings. The van der Waals surface area contributed by atoms with Crippen molar-refractivity contribution in [3.63, 3.8) is 0 Å². The lowest BCUT2D eigenvalue weighted by Gasteiger charge is -2.28. The molecule has 2 rings (SSSR count). The van der Waals surface area contributed by atoms with Gasteiger partial charge in [-0.05, 0) is 41.5 Å². The van der Waals surface area contributed by atoms with Crippen LogP contribution < -0.4 is 0 Å². The highest BCUT2D eigenvalue weighted by Crippen LogP contribution is 2.39. The Morgan fingerprint density at radius 2 is 1.24 bits per heavy atom. The zero-order valence-corrected chi connectivity index (χ0v) is 22.3. The molecule has 0 aliphatic rings. The molecule has 0 aliphatic heterocycles. The Bertz CT molecular complexity index is 790. The predicted octanol–water partition coefficient (Wildman–Crippen LogP) is 10.2. The summed E-state index contributed by atoms with van der Waals surface area (Å²) in [5.41, 5.74) is 4.64. The van der Waals surface area contributed by atoms with E-state index in [9.17, 15) is 5.11 Å². The van der Waals surface area contributed by atoms with Gasteiger partial charge in [0, 0.05) is 5.41 Å². The third kappa shape index (κ3) is 8.84. The molecule has 0 aromatic heterocycles. The molecule has 0 saturated carbocycles. The van der Waals surface area contributed by atoms with Crippen LogP contribution in [-0.2, 0) is 5.41 Å². The fraction of sp³-hybridized carbons (Fsp3) is 0.625. The summed E-state index contributed by atoms with van der Waals surface area (Å²) < 4.78 is 0. The van der Waals surface area contributed by atoms with Gasteiger partial charge < -0.3 is 5.11 Å². The molecule has 1 atom stereocenters. The number of phenols is 1. The van der Waals surface area contributed by atoms with E-state index in [0.717, 1.165) is 17.5 Å². The van der Waals surface area contributed by atoms with Crippen molar-refractivity contribution in [3.8, 4) is 5.75 Å². The van der Waals surface area contributed by atoms with Crippen LogP contribution in [0.1, 0.15) is 139 Å². The molecule has 184 valence electrons. The standard InChI is InChI=1S/C32H50O/c1-6-7-8-9-10-11-12-13-14-15-16-18-21-26(2)30-25-29(24-27(3)31(30)33)32(4,5)28-22-19-17-20-23-28/h17,19-20,22-26,33H,6-16,18,21H2,1-5H3. The molecule has 33 heavy (non-hydrogen) atoms. The number of hydrogen-bond donors (Lipinski definition) is 1. The predicted molar refractivity (Wildman–Crippen MR) is 146 cm³/mol. The van der Waals surface area contributed by atoms with Gasteiger partial charge >= 0.3 is 0 Å². The maximum absolute atomic E-state index is 10.8. The molecular formula is C32H50O. The van der Waals surface area contributed by atoms with Crippen molar-refractivity contribution in [2.75, 3.05) is 0 Å². The minimum atomic E-state index is -0.0792. The summed E-state index contributed by atoms with van der Waals surface area (Å²) in [4.78, 5) is 0. The monoisotopic (exact) mass is 450 g/mol. The second-order valence-corrected chi connectivity index (χ2v) is 10.8. The average molecular weight is 451 g/mol. The molecule has 1 N–H and O–H groups in total. The molecule has 1 nitrogen and oxygen atoms in total. The van der Waals surface area contributed by atoms with Crippen LogP contribution in [0.4, 0.5) is 0 Å². The van der Waals surface area contributed by atoms with Crippen LogP contribution in [0, 0.1) is 6.92 Å². The largest absolute Gasteiger partial charge is 0.507 e. The maximum atomic E-state index is 10.8. The van der Waals surface area contributed by atoms with Crippen molar-refractivity contribution in [2.45, 2.75) is 129 Å². The lowest BCUT2D eigenvalue weighted by molar-refractivity contribution is 0.451. The van der Waals surface area contributed by atoms with E-state index in [1.807, 2.05) is 6.92 Å². The highest BCUT2D eigenvalue weighted by molar-refractivity contribution is 5.49. The van der Waals surface area contributed by atoms with Crippen LogP contribution in [0.15, 0.2) is 42.5 Å². The Labute approximate surface area is 205 Å². The number of aryl methyl sites for hydroxylation is 1. The third-order valence-electron chi connectivity index (χ3n) is 7.57. The van der Waals surface area contributed by atoms with Gasteiger partial charge in [-0.15, -0.1) is 0 Å². The highest BCUT2D eigenvalue weighted by Gasteiger charge is 2.25. The summed E-state index contributed by atoms with van der Waals surface area (Å²) in [7, 11) is 0. The quantitative estimate of drug-likeness (QED) is 0.252. The smallest absolute Gasteiger partial charge is 0.121 e. The summed E-state index contributed by atoms with van der Waals surface area (Å²) in [5, 5.41) is 10.8. The second kappa shape index (κ2) is 14.5. The first-order chi connectivity index (χ1) is 15.9. The molecule has 2 aromatic carbocycles. The maximum Gasteiger partial charge on any atom is 0.121 e. The summed E-state index contributed by atoms with van der Waals surface area (Å²) in [6.07, 6.45) is 17.7. The van der Waals surface area contributed by atoms with E-state index in [-0.39, 0.29) is 5.41 Å². The van der Waals surface area contributed by atoms with Crippen molar-refractivity contribution in [1.29, 1.82) is 0 Å². The highest BCUT2D eigenvalue weighted by atomic mass is 16.3. The average Bonchev–Trinajstić information content (AvgIpc) is 2.81. The number of rotatable bonds is 16. The molecule has 0 radical (unpaired) electrons. The van der Waals surface area contributed by atoms with Crippen molar-refractivity contribution >= 4 is 0 Å². The Balaban J connectivity index is 1.79. The molecule has 0 amide bonds. The number of unbranched alkanes of at least 4 members (excludes halogenated alkanes) is 11. The van der Waals surface area contributed by atoms with E-state index in [1.54, 1.807) is 0 Å². The van der Waals surface area contributed by atoms with E-state index in [1.165, 1.54) is 88.2 Å². The van der Waals surface area contributed by atoms with Crippen LogP contribution in [0.25, 0.3) is 0 Å². The van der Waals surface area contributed by atoms with E-state index in [2.05, 4.69) is 70.2 Å². The van der Waals surface area contributed by atoms with E-state index in [0.29, 0.717) is 11.7 Å². The van der Waals surface area contributed by atoms with Crippen molar-refractivity contribution < 1.29 is 5.11 Å². The second-order valence-electron chi connectivity index (χ2n) is 10.8. The van der Waals surface area contributed by atoms with Gasteiger partial charge in [0.25, 0.3) is 0 Å². The first kappa shape index (κ1) is 27.5. The first-order valence-electron chi connectivity index (χ1n) is 13.8. The Kier molecular flexibility index (Phi) is 12.1. The minimum Gasteiger partial charge on any atom is -0.507 e. The van der Waals surface area contributed by atoms with Gasteiger partial charge in [-0.25, -0.2) is 0 Å². The van der Waals surface area contributed by atoms with Gasteiger partial charge in [-0.1, -0.05) is 147 Å². The summed E-state index contributed by atoms with van der Waals surface area (Å²) >= 11 is 0. The van der Waals surface area contributed by atoms with Gasteiger partial charge in [-0.2, -0.15) is 0 Å². The van der Waals surface area contributed by atoms with Crippen LogP contribution in [0.5, 0.6) is 5.75 Å². The third-order valence-corrected chi connectivity index (χ3v) is 7.57. The number of hydrogen-bond acceptors (Lipinski definition) is 1. The molecule has 2 aromatic rings. The van der Waals surface area contributed by atoms with Gasteiger partial charge in [-0.3, -0.25) is 0 Å². The number of aromatic hydroxyl groups is 1. The molecule has 1 heteroatoms. The minimum absolute atomic E-state index is 0.0792. The van der Waals surface area contributed by atoms with E-state index in [4.69, 9.17) is 0 Å². The van der Waals surface area contributed by atoms with E-state index < -0.39 is 0 Å². The molecular weight excluding hydrogens is 400 g/mol. The zero-order chi connectivity index (χ0) is 24.1.